The Hall–Kier alpha value is -1.39. The van der Waals surface area contributed by atoms with Crippen molar-refractivity contribution in [2.24, 2.45) is 0 Å². The van der Waals surface area contributed by atoms with Crippen LogP contribution in [0.5, 0.6) is 0 Å². The number of hydrogen-bond acceptors (Lipinski definition) is 3. The van der Waals surface area contributed by atoms with Gasteiger partial charge in [0.15, 0.2) is 0 Å². The van der Waals surface area contributed by atoms with Gasteiger partial charge in [-0.1, -0.05) is 24.6 Å². The molecule has 0 fully saturated rings. The SMILES string of the molecule is CCc1ccc(CN(C)Cc2n[nH]c(C)c2Cl)nc1. The van der Waals surface area contributed by atoms with Gasteiger partial charge in [0, 0.05) is 19.3 Å². The minimum absolute atomic E-state index is 0.709. The van der Waals surface area contributed by atoms with Crippen LogP contribution in [0, 0.1) is 6.92 Å². The monoisotopic (exact) mass is 278 g/mol. The summed E-state index contributed by atoms with van der Waals surface area (Å²) >= 11 is 6.16. The number of H-pyrrole nitrogens is 1. The van der Waals surface area contributed by atoms with Gasteiger partial charge in [-0.25, -0.2) is 0 Å². The second-order valence-electron chi connectivity index (χ2n) is 4.79. The van der Waals surface area contributed by atoms with Gasteiger partial charge in [0.05, 0.1) is 22.1 Å². The molecule has 2 heterocycles. The van der Waals surface area contributed by atoms with Crippen molar-refractivity contribution in [3.8, 4) is 0 Å². The molecule has 0 saturated carbocycles. The molecular weight excluding hydrogens is 260 g/mol. The second kappa shape index (κ2) is 6.17. The van der Waals surface area contributed by atoms with Crippen molar-refractivity contribution in [2.45, 2.75) is 33.4 Å². The highest BCUT2D eigenvalue weighted by Crippen LogP contribution is 2.18. The predicted octanol–water partition coefficient (Wildman–Crippen LogP) is 2.96. The fraction of sp³-hybridized carbons (Fsp3) is 0.429. The van der Waals surface area contributed by atoms with E-state index in [1.54, 1.807) is 0 Å². The van der Waals surface area contributed by atoms with E-state index in [-0.39, 0.29) is 0 Å². The van der Waals surface area contributed by atoms with Crippen LogP contribution in [0.2, 0.25) is 5.02 Å². The molecule has 0 amide bonds. The summed E-state index contributed by atoms with van der Waals surface area (Å²) in [4.78, 5) is 6.60. The van der Waals surface area contributed by atoms with Crippen molar-refractivity contribution in [1.29, 1.82) is 0 Å². The van der Waals surface area contributed by atoms with E-state index in [9.17, 15) is 0 Å². The second-order valence-corrected chi connectivity index (χ2v) is 5.17. The standard InChI is InChI=1S/C14H19ClN4/c1-4-11-5-6-12(16-7-11)8-19(3)9-13-14(15)10(2)17-18-13/h5-7H,4,8-9H2,1-3H3,(H,17,18). The minimum atomic E-state index is 0.709. The normalized spacial score (nSPS) is 11.2. The zero-order valence-electron chi connectivity index (χ0n) is 11.6. The minimum Gasteiger partial charge on any atom is -0.295 e. The smallest absolute Gasteiger partial charge is 0.0951 e. The van der Waals surface area contributed by atoms with E-state index in [2.05, 4.69) is 39.1 Å². The van der Waals surface area contributed by atoms with Gasteiger partial charge in [0.1, 0.15) is 0 Å². The molecule has 2 rings (SSSR count). The van der Waals surface area contributed by atoms with Crippen LogP contribution in [0.1, 0.15) is 29.6 Å². The van der Waals surface area contributed by atoms with E-state index in [1.807, 2.05) is 20.2 Å². The number of nitrogens with zero attached hydrogens (tertiary/aromatic N) is 3. The summed E-state index contributed by atoms with van der Waals surface area (Å²) in [5.74, 6) is 0. The summed E-state index contributed by atoms with van der Waals surface area (Å²) in [6.45, 7) is 5.54. The van der Waals surface area contributed by atoms with Crippen LogP contribution in [0.25, 0.3) is 0 Å². The summed E-state index contributed by atoms with van der Waals surface area (Å²) in [7, 11) is 2.04. The van der Waals surface area contributed by atoms with Crippen molar-refractivity contribution in [2.75, 3.05) is 7.05 Å². The number of aryl methyl sites for hydroxylation is 2. The molecule has 2 aromatic rings. The predicted molar refractivity (Wildman–Crippen MR) is 77.1 cm³/mol. The third-order valence-electron chi connectivity index (χ3n) is 3.09. The molecule has 0 saturated heterocycles. The van der Waals surface area contributed by atoms with Gasteiger partial charge in [-0.05, 0) is 32.0 Å². The van der Waals surface area contributed by atoms with Crippen molar-refractivity contribution >= 4 is 11.6 Å². The Kier molecular flexibility index (Phi) is 4.56. The van der Waals surface area contributed by atoms with Crippen LogP contribution < -0.4 is 0 Å². The largest absolute Gasteiger partial charge is 0.295 e. The van der Waals surface area contributed by atoms with E-state index in [0.717, 1.165) is 35.1 Å². The number of hydrogen-bond donors (Lipinski definition) is 1. The van der Waals surface area contributed by atoms with Crippen molar-refractivity contribution in [3.63, 3.8) is 0 Å². The molecule has 0 atom stereocenters. The quantitative estimate of drug-likeness (QED) is 0.914. The molecule has 5 heteroatoms. The molecule has 19 heavy (non-hydrogen) atoms. The van der Waals surface area contributed by atoms with Crippen LogP contribution in [-0.4, -0.2) is 27.1 Å². The molecule has 0 aliphatic heterocycles. The zero-order valence-corrected chi connectivity index (χ0v) is 12.3. The Bertz CT molecular complexity index is 533. The van der Waals surface area contributed by atoms with E-state index < -0.39 is 0 Å². The fourth-order valence-corrected chi connectivity index (χ4v) is 2.06. The Morgan fingerprint density at radius 2 is 2.11 bits per heavy atom. The van der Waals surface area contributed by atoms with Crippen molar-refractivity contribution < 1.29 is 0 Å². The number of aromatic nitrogens is 3. The van der Waals surface area contributed by atoms with Gasteiger partial charge < -0.3 is 0 Å². The van der Waals surface area contributed by atoms with E-state index in [4.69, 9.17) is 11.6 Å². The van der Waals surface area contributed by atoms with Crippen LogP contribution in [0.15, 0.2) is 18.3 Å². The van der Waals surface area contributed by atoms with Crippen LogP contribution >= 0.6 is 11.6 Å². The molecule has 1 N–H and O–H groups in total. The molecule has 2 aromatic heterocycles. The molecule has 0 unspecified atom stereocenters. The lowest BCUT2D eigenvalue weighted by Gasteiger charge is -2.15. The number of pyridine rings is 1. The van der Waals surface area contributed by atoms with Gasteiger partial charge >= 0.3 is 0 Å². The molecule has 0 bridgehead atoms. The van der Waals surface area contributed by atoms with Gasteiger partial charge in [-0.3, -0.25) is 15.0 Å². The first-order chi connectivity index (χ1) is 9.10. The number of aromatic amines is 1. The third kappa shape index (κ3) is 3.55. The maximum Gasteiger partial charge on any atom is 0.0951 e. The van der Waals surface area contributed by atoms with Gasteiger partial charge in [0.2, 0.25) is 0 Å². The highest BCUT2D eigenvalue weighted by molar-refractivity contribution is 6.31. The van der Waals surface area contributed by atoms with E-state index in [0.29, 0.717) is 6.54 Å². The zero-order chi connectivity index (χ0) is 13.8. The Morgan fingerprint density at radius 1 is 1.32 bits per heavy atom. The summed E-state index contributed by atoms with van der Waals surface area (Å²) in [6.07, 6.45) is 2.96. The first-order valence-electron chi connectivity index (χ1n) is 6.41. The Labute approximate surface area is 118 Å². The lowest BCUT2D eigenvalue weighted by Crippen LogP contribution is -2.18. The fourth-order valence-electron chi connectivity index (χ4n) is 1.92. The topological polar surface area (TPSA) is 44.8 Å². The average Bonchev–Trinajstić information content (AvgIpc) is 2.71. The Balaban J connectivity index is 1.96. The first kappa shape index (κ1) is 14.0. The molecular formula is C14H19ClN4. The van der Waals surface area contributed by atoms with E-state index >= 15 is 0 Å². The lowest BCUT2D eigenvalue weighted by molar-refractivity contribution is 0.311. The van der Waals surface area contributed by atoms with Crippen LogP contribution in [0.3, 0.4) is 0 Å². The van der Waals surface area contributed by atoms with Gasteiger partial charge in [-0.15, -0.1) is 0 Å². The molecule has 0 aliphatic rings. The summed E-state index contributed by atoms with van der Waals surface area (Å²) in [6, 6.07) is 4.20. The molecule has 4 nitrogen and oxygen atoms in total. The number of nitrogens with one attached hydrogen (secondary N) is 1. The summed E-state index contributed by atoms with van der Waals surface area (Å²) in [5.41, 5.74) is 4.11. The Morgan fingerprint density at radius 3 is 2.63 bits per heavy atom. The molecule has 0 aromatic carbocycles. The highest BCUT2D eigenvalue weighted by Gasteiger charge is 2.10. The van der Waals surface area contributed by atoms with Crippen molar-refractivity contribution in [3.05, 3.63) is 46.0 Å². The average molecular weight is 279 g/mol. The summed E-state index contributed by atoms with van der Waals surface area (Å²) < 4.78 is 0. The summed E-state index contributed by atoms with van der Waals surface area (Å²) in [5, 5.41) is 7.83. The van der Waals surface area contributed by atoms with Crippen molar-refractivity contribution in [1.82, 2.24) is 20.1 Å². The van der Waals surface area contributed by atoms with Crippen LogP contribution in [0.4, 0.5) is 0 Å². The molecule has 0 spiro atoms. The van der Waals surface area contributed by atoms with E-state index in [1.165, 1.54) is 5.56 Å². The highest BCUT2D eigenvalue weighted by atomic mass is 35.5. The van der Waals surface area contributed by atoms with Gasteiger partial charge in [-0.2, -0.15) is 5.10 Å². The number of halogens is 1. The number of rotatable bonds is 5. The third-order valence-corrected chi connectivity index (χ3v) is 3.59. The maximum absolute atomic E-state index is 6.16. The first-order valence-corrected chi connectivity index (χ1v) is 6.79. The lowest BCUT2D eigenvalue weighted by atomic mass is 10.2. The van der Waals surface area contributed by atoms with Gasteiger partial charge in [0.25, 0.3) is 0 Å². The molecule has 0 radical (unpaired) electrons. The molecule has 102 valence electrons. The maximum atomic E-state index is 6.16. The van der Waals surface area contributed by atoms with Crippen LogP contribution in [-0.2, 0) is 19.5 Å². The molecule has 0 aliphatic carbocycles.